The average molecular weight is 183 g/mol. The SMILES string of the molecule is C1CNCC(CCC2CCCO2)C1. The van der Waals surface area contributed by atoms with Crippen molar-refractivity contribution in [3.63, 3.8) is 0 Å². The van der Waals surface area contributed by atoms with E-state index in [9.17, 15) is 0 Å². The molecule has 0 aliphatic carbocycles. The van der Waals surface area contributed by atoms with Gasteiger partial charge in [-0.05, 0) is 57.5 Å². The zero-order valence-electron chi connectivity index (χ0n) is 8.43. The van der Waals surface area contributed by atoms with Crippen molar-refractivity contribution >= 4 is 0 Å². The van der Waals surface area contributed by atoms with Crippen molar-refractivity contribution in [1.82, 2.24) is 5.32 Å². The van der Waals surface area contributed by atoms with Crippen molar-refractivity contribution in [2.45, 2.75) is 44.6 Å². The molecule has 0 saturated carbocycles. The highest BCUT2D eigenvalue weighted by molar-refractivity contribution is 4.72. The van der Waals surface area contributed by atoms with Crippen molar-refractivity contribution in [2.75, 3.05) is 19.7 Å². The van der Waals surface area contributed by atoms with Crippen molar-refractivity contribution in [3.8, 4) is 0 Å². The Kier molecular flexibility index (Phi) is 3.62. The van der Waals surface area contributed by atoms with E-state index in [0.29, 0.717) is 6.10 Å². The van der Waals surface area contributed by atoms with Crippen molar-refractivity contribution in [2.24, 2.45) is 5.92 Å². The van der Waals surface area contributed by atoms with E-state index in [2.05, 4.69) is 5.32 Å². The third-order valence-electron chi connectivity index (χ3n) is 3.32. The highest BCUT2D eigenvalue weighted by Crippen LogP contribution is 2.22. The lowest BCUT2D eigenvalue weighted by Gasteiger charge is -2.23. The van der Waals surface area contributed by atoms with Crippen molar-refractivity contribution in [3.05, 3.63) is 0 Å². The maximum Gasteiger partial charge on any atom is 0.0576 e. The fourth-order valence-corrected chi connectivity index (χ4v) is 2.46. The first-order chi connectivity index (χ1) is 6.45. The van der Waals surface area contributed by atoms with E-state index in [1.165, 1.54) is 51.6 Å². The topological polar surface area (TPSA) is 21.3 Å². The Morgan fingerprint density at radius 1 is 1.15 bits per heavy atom. The monoisotopic (exact) mass is 183 g/mol. The van der Waals surface area contributed by atoms with Gasteiger partial charge in [0.2, 0.25) is 0 Å². The van der Waals surface area contributed by atoms with Gasteiger partial charge in [0.1, 0.15) is 0 Å². The van der Waals surface area contributed by atoms with Crippen LogP contribution < -0.4 is 5.32 Å². The largest absolute Gasteiger partial charge is 0.378 e. The molecule has 0 spiro atoms. The molecule has 2 heterocycles. The molecular formula is C11H21NO. The number of ether oxygens (including phenoxy) is 1. The van der Waals surface area contributed by atoms with E-state index in [1.54, 1.807) is 0 Å². The van der Waals surface area contributed by atoms with E-state index in [0.717, 1.165) is 12.5 Å². The van der Waals surface area contributed by atoms with Crippen LogP contribution in [0.1, 0.15) is 38.5 Å². The molecule has 0 bridgehead atoms. The van der Waals surface area contributed by atoms with Crippen LogP contribution in [0.5, 0.6) is 0 Å². The third kappa shape index (κ3) is 2.96. The predicted octanol–water partition coefficient (Wildman–Crippen LogP) is 1.95. The fraction of sp³-hybridized carbons (Fsp3) is 1.00. The molecule has 0 aromatic heterocycles. The van der Waals surface area contributed by atoms with Gasteiger partial charge < -0.3 is 10.1 Å². The minimum atomic E-state index is 0.599. The van der Waals surface area contributed by atoms with E-state index in [-0.39, 0.29) is 0 Å². The van der Waals surface area contributed by atoms with E-state index in [1.807, 2.05) is 0 Å². The van der Waals surface area contributed by atoms with Gasteiger partial charge in [0.05, 0.1) is 6.10 Å². The molecule has 2 atom stereocenters. The van der Waals surface area contributed by atoms with Crippen LogP contribution in [0.3, 0.4) is 0 Å². The van der Waals surface area contributed by atoms with Crippen molar-refractivity contribution in [1.29, 1.82) is 0 Å². The molecule has 2 heteroatoms. The van der Waals surface area contributed by atoms with Gasteiger partial charge in [0.25, 0.3) is 0 Å². The van der Waals surface area contributed by atoms with Gasteiger partial charge in [-0.1, -0.05) is 0 Å². The van der Waals surface area contributed by atoms with Crippen LogP contribution in [0.4, 0.5) is 0 Å². The Balaban J connectivity index is 1.60. The van der Waals surface area contributed by atoms with E-state index >= 15 is 0 Å². The predicted molar refractivity (Wildman–Crippen MR) is 53.8 cm³/mol. The highest BCUT2D eigenvalue weighted by atomic mass is 16.5. The summed E-state index contributed by atoms with van der Waals surface area (Å²) in [6, 6.07) is 0. The molecule has 0 aromatic rings. The molecule has 76 valence electrons. The first-order valence-electron chi connectivity index (χ1n) is 5.77. The summed E-state index contributed by atoms with van der Waals surface area (Å²) in [7, 11) is 0. The Morgan fingerprint density at radius 3 is 2.85 bits per heavy atom. The number of rotatable bonds is 3. The van der Waals surface area contributed by atoms with Gasteiger partial charge in [0, 0.05) is 6.61 Å². The summed E-state index contributed by atoms with van der Waals surface area (Å²) in [5.41, 5.74) is 0. The second kappa shape index (κ2) is 4.97. The lowest BCUT2D eigenvalue weighted by Crippen LogP contribution is -2.30. The molecule has 2 saturated heterocycles. The van der Waals surface area contributed by atoms with Crippen LogP contribution in [0.2, 0.25) is 0 Å². The number of hydrogen-bond acceptors (Lipinski definition) is 2. The van der Waals surface area contributed by atoms with E-state index < -0.39 is 0 Å². The minimum absolute atomic E-state index is 0.599. The first-order valence-corrected chi connectivity index (χ1v) is 5.77. The summed E-state index contributed by atoms with van der Waals surface area (Å²) in [5, 5.41) is 3.47. The lowest BCUT2D eigenvalue weighted by molar-refractivity contribution is 0.0966. The quantitative estimate of drug-likeness (QED) is 0.722. The van der Waals surface area contributed by atoms with Crippen molar-refractivity contribution < 1.29 is 4.74 Å². The molecule has 2 aliphatic heterocycles. The van der Waals surface area contributed by atoms with Crippen LogP contribution in [0, 0.1) is 5.92 Å². The molecule has 2 nitrogen and oxygen atoms in total. The molecule has 2 rings (SSSR count). The lowest BCUT2D eigenvalue weighted by atomic mass is 9.93. The van der Waals surface area contributed by atoms with Crippen LogP contribution in [-0.4, -0.2) is 25.8 Å². The second-order valence-corrected chi connectivity index (χ2v) is 4.42. The highest BCUT2D eigenvalue weighted by Gasteiger charge is 2.18. The summed E-state index contributed by atoms with van der Waals surface area (Å²) < 4.78 is 5.62. The Morgan fingerprint density at radius 2 is 2.15 bits per heavy atom. The molecule has 0 aromatic carbocycles. The molecular weight excluding hydrogens is 162 g/mol. The maximum atomic E-state index is 5.62. The smallest absolute Gasteiger partial charge is 0.0576 e. The van der Waals surface area contributed by atoms with Gasteiger partial charge in [-0.15, -0.1) is 0 Å². The van der Waals surface area contributed by atoms with Gasteiger partial charge in [-0.25, -0.2) is 0 Å². The van der Waals surface area contributed by atoms with Gasteiger partial charge in [-0.2, -0.15) is 0 Å². The number of piperidine rings is 1. The standard InChI is InChI=1S/C11H21NO/c1-3-10(9-12-7-1)5-6-11-4-2-8-13-11/h10-12H,1-9H2. The number of hydrogen-bond donors (Lipinski definition) is 1. The zero-order valence-corrected chi connectivity index (χ0v) is 8.43. The Hall–Kier alpha value is -0.0800. The van der Waals surface area contributed by atoms with Crippen LogP contribution in [-0.2, 0) is 4.74 Å². The molecule has 2 fully saturated rings. The molecule has 0 amide bonds. The third-order valence-corrected chi connectivity index (χ3v) is 3.32. The average Bonchev–Trinajstić information content (AvgIpc) is 2.69. The fourth-order valence-electron chi connectivity index (χ4n) is 2.46. The van der Waals surface area contributed by atoms with Crippen LogP contribution in [0.15, 0.2) is 0 Å². The van der Waals surface area contributed by atoms with Gasteiger partial charge in [-0.3, -0.25) is 0 Å². The van der Waals surface area contributed by atoms with Crippen LogP contribution >= 0.6 is 0 Å². The van der Waals surface area contributed by atoms with Crippen LogP contribution in [0.25, 0.3) is 0 Å². The van der Waals surface area contributed by atoms with Gasteiger partial charge >= 0.3 is 0 Å². The Bertz CT molecular complexity index is 137. The summed E-state index contributed by atoms with van der Waals surface area (Å²) >= 11 is 0. The summed E-state index contributed by atoms with van der Waals surface area (Å²) in [6.45, 7) is 3.48. The maximum absolute atomic E-state index is 5.62. The Labute approximate surface area is 81.0 Å². The second-order valence-electron chi connectivity index (χ2n) is 4.42. The first kappa shape index (κ1) is 9.47. The molecule has 2 unspecified atom stereocenters. The summed E-state index contributed by atoms with van der Waals surface area (Å²) in [6.07, 6.45) is 8.66. The molecule has 13 heavy (non-hydrogen) atoms. The molecule has 0 radical (unpaired) electrons. The summed E-state index contributed by atoms with van der Waals surface area (Å²) in [5.74, 6) is 0.929. The minimum Gasteiger partial charge on any atom is -0.378 e. The zero-order chi connectivity index (χ0) is 8.93. The van der Waals surface area contributed by atoms with Gasteiger partial charge in [0.15, 0.2) is 0 Å². The number of nitrogens with one attached hydrogen (secondary N) is 1. The summed E-state index contributed by atoms with van der Waals surface area (Å²) in [4.78, 5) is 0. The molecule has 1 N–H and O–H groups in total. The molecule has 2 aliphatic rings. The normalized spacial score (nSPS) is 35.1. The van der Waals surface area contributed by atoms with E-state index in [4.69, 9.17) is 4.74 Å².